The van der Waals surface area contributed by atoms with E-state index >= 15 is 0 Å². The van der Waals surface area contributed by atoms with E-state index in [1.54, 1.807) is 40.0 Å². The molecular formula is C43H74N4O7. The van der Waals surface area contributed by atoms with Crippen LogP contribution in [0, 0.1) is 29.6 Å². The number of ether oxygens (including phenoxy) is 2. The maximum atomic E-state index is 14.4. The Bertz CT molecular complexity index is 1320. The van der Waals surface area contributed by atoms with Crippen molar-refractivity contribution in [3.8, 4) is 0 Å². The van der Waals surface area contributed by atoms with Gasteiger partial charge < -0.3 is 29.7 Å². The lowest BCUT2D eigenvalue weighted by molar-refractivity contribution is -0.149. The van der Waals surface area contributed by atoms with Crippen molar-refractivity contribution in [2.45, 2.75) is 150 Å². The second-order valence-corrected chi connectivity index (χ2v) is 16.7. The molecule has 11 nitrogen and oxygen atoms in total. The van der Waals surface area contributed by atoms with Gasteiger partial charge in [0.1, 0.15) is 0 Å². The van der Waals surface area contributed by atoms with Crippen LogP contribution >= 0.6 is 0 Å². The van der Waals surface area contributed by atoms with Crippen LogP contribution in [0.3, 0.4) is 0 Å². The number of methoxy groups -OCH3 is 2. The second kappa shape index (κ2) is 22.0. The van der Waals surface area contributed by atoms with Crippen molar-refractivity contribution >= 4 is 23.5 Å². The maximum absolute atomic E-state index is 14.4. The molecular weight excluding hydrogens is 684 g/mol. The highest BCUT2D eigenvalue weighted by Crippen LogP contribution is 2.31. The minimum Gasteiger partial charge on any atom is -0.386 e. The first kappa shape index (κ1) is 47.3. The van der Waals surface area contributed by atoms with Gasteiger partial charge in [-0.1, -0.05) is 85.2 Å². The molecule has 1 aromatic carbocycles. The Morgan fingerprint density at radius 1 is 0.907 bits per heavy atom. The van der Waals surface area contributed by atoms with Gasteiger partial charge in [-0.05, 0) is 64.0 Å². The fourth-order valence-corrected chi connectivity index (χ4v) is 8.28. The van der Waals surface area contributed by atoms with Crippen molar-refractivity contribution in [3.63, 3.8) is 0 Å². The molecule has 0 radical (unpaired) electrons. The topological polar surface area (TPSA) is 129 Å². The molecule has 0 saturated carbocycles. The predicted octanol–water partition coefficient (Wildman–Crippen LogP) is 5.74. The minimum atomic E-state index is -0.873. The van der Waals surface area contributed by atoms with Crippen LogP contribution in [0.4, 0.5) is 0 Å². The molecule has 3 amide bonds. The summed E-state index contributed by atoms with van der Waals surface area (Å²) in [6, 6.07) is 7.83. The Hall–Kier alpha value is -2.86. The number of hydrogen-bond acceptors (Lipinski definition) is 8. The molecule has 308 valence electrons. The zero-order valence-electron chi connectivity index (χ0n) is 35.9. The third kappa shape index (κ3) is 12.1. The number of Topliss-reactive ketones (excluding diaryl/α,β-unsaturated/α-hetero) is 1. The van der Waals surface area contributed by atoms with Crippen LogP contribution in [0.1, 0.15) is 113 Å². The molecule has 10 atom stereocenters. The number of benzene rings is 1. The monoisotopic (exact) mass is 759 g/mol. The van der Waals surface area contributed by atoms with Crippen molar-refractivity contribution in [2.24, 2.45) is 29.6 Å². The highest BCUT2D eigenvalue weighted by atomic mass is 16.5. The summed E-state index contributed by atoms with van der Waals surface area (Å²) in [6.07, 6.45) is 0.380. The summed E-state index contributed by atoms with van der Waals surface area (Å²) in [5.74, 6) is -1.50. The van der Waals surface area contributed by atoms with Gasteiger partial charge in [0.2, 0.25) is 17.7 Å². The number of nitrogens with zero attached hydrogens (tertiary/aromatic N) is 3. The number of carbonyl (C=O) groups is 4. The smallest absolute Gasteiger partial charge is 0.226 e. The molecule has 1 heterocycles. The largest absolute Gasteiger partial charge is 0.386 e. The van der Waals surface area contributed by atoms with Gasteiger partial charge in [0, 0.05) is 46.2 Å². The molecule has 54 heavy (non-hydrogen) atoms. The summed E-state index contributed by atoms with van der Waals surface area (Å²) in [5, 5.41) is 13.8. The normalized spacial score (nSPS) is 20.0. The third-order valence-corrected chi connectivity index (χ3v) is 12.0. The number of likely N-dealkylation sites (tertiary alicyclic amines) is 1. The summed E-state index contributed by atoms with van der Waals surface area (Å²) >= 11 is 0. The minimum absolute atomic E-state index is 0.00810. The van der Waals surface area contributed by atoms with Crippen molar-refractivity contribution in [1.82, 2.24) is 20.0 Å². The van der Waals surface area contributed by atoms with Gasteiger partial charge in [0.15, 0.2) is 5.78 Å². The van der Waals surface area contributed by atoms with Gasteiger partial charge in [0.25, 0.3) is 0 Å². The Balaban J connectivity index is 2.27. The number of hydrogen-bond donors (Lipinski definition) is 2. The number of carbonyl (C=O) groups excluding carboxylic acids is 4. The molecule has 2 rings (SSSR count). The number of amides is 3. The van der Waals surface area contributed by atoms with Gasteiger partial charge in [-0.15, -0.1) is 0 Å². The van der Waals surface area contributed by atoms with Gasteiger partial charge in [-0.3, -0.25) is 24.1 Å². The molecule has 0 aliphatic carbocycles. The third-order valence-electron chi connectivity index (χ3n) is 12.0. The summed E-state index contributed by atoms with van der Waals surface area (Å²) < 4.78 is 12.0. The van der Waals surface area contributed by atoms with E-state index in [1.807, 2.05) is 70.0 Å². The number of rotatable bonds is 22. The number of ketones is 1. The van der Waals surface area contributed by atoms with Crippen LogP contribution in [-0.4, -0.2) is 121 Å². The van der Waals surface area contributed by atoms with E-state index in [1.165, 1.54) is 0 Å². The zero-order chi connectivity index (χ0) is 41.0. The lowest BCUT2D eigenvalue weighted by atomic mass is 9.83. The Morgan fingerprint density at radius 2 is 1.52 bits per heavy atom. The first-order valence-corrected chi connectivity index (χ1v) is 20.2. The lowest BCUT2D eigenvalue weighted by Gasteiger charge is -2.41. The Morgan fingerprint density at radius 3 is 2.02 bits per heavy atom. The SMILES string of the molecule is CC[C@H](C)[C@@H]([C@@H](CC(=O)N1CCC[C@H]1[C@H](OC)[C@@H](C)C(=O)N[C@H](C)[C@@H](O)c1ccccc1)OC)N(C)C(=O)C(CC(=O)[C@H](C(C)C)N(C)C(C)C)C(C)C. The Labute approximate surface area is 326 Å². The van der Waals surface area contributed by atoms with E-state index in [4.69, 9.17) is 9.47 Å². The molecule has 0 spiro atoms. The van der Waals surface area contributed by atoms with E-state index in [2.05, 4.69) is 37.9 Å². The number of aliphatic hydroxyl groups is 1. The fraction of sp³-hybridized carbons (Fsp3) is 0.767. The van der Waals surface area contributed by atoms with E-state index in [0.29, 0.717) is 18.5 Å². The van der Waals surface area contributed by atoms with Gasteiger partial charge in [-0.2, -0.15) is 0 Å². The highest BCUT2D eigenvalue weighted by molar-refractivity contribution is 5.90. The molecule has 1 aliphatic rings. The van der Waals surface area contributed by atoms with E-state index in [9.17, 15) is 24.3 Å². The molecule has 1 saturated heterocycles. The average Bonchev–Trinajstić information content (AvgIpc) is 3.62. The van der Waals surface area contributed by atoms with Gasteiger partial charge >= 0.3 is 0 Å². The van der Waals surface area contributed by atoms with Gasteiger partial charge in [-0.25, -0.2) is 0 Å². The summed E-state index contributed by atoms with van der Waals surface area (Å²) in [4.78, 5) is 61.6. The van der Waals surface area contributed by atoms with Crippen LogP contribution < -0.4 is 5.32 Å². The van der Waals surface area contributed by atoms with Crippen LogP contribution in [-0.2, 0) is 28.7 Å². The quantitative estimate of drug-likeness (QED) is 0.153. The molecule has 1 unspecified atom stereocenters. The fourth-order valence-electron chi connectivity index (χ4n) is 8.28. The van der Waals surface area contributed by atoms with Crippen LogP contribution in [0.5, 0.6) is 0 Å². The molecule has 1 aliphatic heterocycles. The van der Waals surface area contributed by atoms with E-state index in [-0.39, 0.29) is 72.2 Å². The molecule has 0 bridgehead atoms. The summed E-state index contributed by atoms with van der Waals surface area (Å²) in [5.41, 5.74) is 0.715. The molecule has 2 N–H and O–H groups in total. The molecule has 0 aromatic heterocycles. The number of nitrogens with one attached hydrogen (secondary N) is 1. The standard InChI is InChI=1S/C43H74N4O7/c1-15-29(8)39(46(12)43(52)33(26(2)3)24-35(48)38(27(4)5)45(11)28(6)7)36(53-13)25-37(49)47-23-19-22-34(47)41(54-14)30(9)42(51)44-31(10)40(50)32-20-17-16-18-21-32/h16-18,20-21,26-31,33-34,36,38-41,50H,15,19,22-25H2,1-14H3,(H,44,51)/t29-,30+,31+,33?,34-,36+,38-,39-,40+,41+/m0/s1. The van der Waals surface area contributed by atoms with E-state index < -0.39 is 42.2 Å². The van der Waals surface area contributed by atoms with Crippen molar-refractivity contribution < 1.29 is 33.8 Å². The molecule has 1 fully saturated rings. The zero-order valence-corrected chi connectivity index (χ0v) is 35.9. The molecule has 11 heteroatoms. The maximum Gasteiger partial charge on any atom is 0.226 e. The number of likely N-dealkylation sites (N-methyl/N-ethyl adjacent to an activating group) is 2. The van der Waals surface area contributed by atoms with Gasteiger partial charge in [0.05, 0.1) is 54.8 Å². The highest BCUT2D eigenvalue weighted by Gasteiger charge is 2.43. The summed E-state index contributed by atoms with van der Waals surface area (Å²) in [6.45, 7) is 20.4. The molecule has 1 aromatic rings. The van der Waals surface area contributed by atoms with Crippen molar-refractivity contribution in [3.05, 3.63) is 35.9 Å². The second-order valence-electron chi connectivity index (χ2n) is 16.7. The first-order chi connectivity index (χ1) is 25.3. The van der Waals surface area contributed by atoms with Crippen LogP contribution in [0.15, 0.2) is 30.3 Å². The predicted molar refractivity (Wildman–Crippen MR) is 215 cm³/mol. The lowest BCUT2D eigenvalue weighted by Crippen LogP contribution is -2.55. The van der Waals surface area contributed by atoms with Crippen molar-refractivity contribution in [1.29, 1.82) is 0 Å². The van der Waals surface area contributed by atoms with Crippen LogP contribution in [0.2, 0.25) is 0 Å². The van der Waals surface area contributed by atoms with Crippen LogP contribution in [0.25, 0.3) is 0 Å². The van der Waals surface area contributed by atoms with E-state index in [0.717, 1.165) is 12.8 Å². The summed E-state index contributed by atoms with van der Waals surface area (Å²) in [7, 11) is 6.90. The number of aliphatic hydroxyl groups excluding tert-OH is 1. The first-order valence-electron chi connectivity index (χ1n) is 20.2. The Kier molecular flexibility index (Phi) is 19.3. The average molecular weight is 759 g/mol. The van der Waals surface area contributed by atoms with Crippen molar-refractivity contribution in [2.75, 3.05) is 34.9 Å².